The topological polar surface area (TPSA) is 61.8 Å². The largest absolute Gasteiger partial charge is 0.494 e. The lowest BCUT2D eigenvalue weighted by Crippen LogP contribution is -2.14. The summed E-state index contributed by atoms with van der Waals surface area (Å²) >= 11 is 0. The third kappa shape index (κ3) is 6.30. The first-order valence-electron chi connectivity index (χ1n) is 8.25. The average molecular weight is 322 g/mol. The van der Waals surface area contributed by atoms with E-state index >= 15 is 0 Å². The molecule has 5 heteroatoms. The van der Waals surface area contributed by atoms with Crippen molar-refractivity contribution in [3.05, 3.63) is 29.3 Å². The molecule has 1 rings (SSSR count). The Hall–Kier alpha value is -2.04. The van der Waals surface area contributed by atoms with E-state index in [-0.39, 0.29) is 24.3 Å². The maximum Gasteiger partial charge on any atom is 0.339 e. The molecule has 5 nitrogen and oxygen atoms in total. The average Bonchev–Trinajstić information content (AvgIpc) is 2.55. The highest BCUT2D eigenvalue weighted by Crippen LogP contribution is 2.20. The molecule has 0 spiro atoms. The summed E-state index contributed by atoms with van der Waals surface area (Å²) in [5.74, 6) is -0.533. The first-order valence-corrected chi connectivity index (χ1v) is 8.25. The number of carbonyl (C=O) groups is 2. The van der Waals surface area contributed by atoms with E-state index in [4.69, 9.17) is 14.2 Å². The minimum Gasteiger partial charge on any atom is -0.494 e. The van der Waals surface area contributed by atoms with Crippen LogP contribution in [0.15, 0.2) is 18.2 Å². The maximum absolute atomic E-state index is 12.1. The molecule has 0 saturated carbocycles. The molecule has 23 heavy (non-hydrogen) atoms. The van der Waals surface area contributed by atoms with Crippen LogP contribution in [0.4, 0.5) is 0 Å². The van der Waals surface area contributed by atoms with Crippen LogP contribution in [-0.2, 0) is 9.47 Å². The van der Waals surface area contributed by atoms with Crippen molar-refractivity contribution in [2.75, 3.05) is 19.8 Å². The molecule has 0 radical (unpaired) electrons. The van der Waals surface area contributed by atoms with Crippen LogP contribution in [0.25, 0.3) is 0 Å². The fourth-order valence-corrected chi connectivity index (χ4v) is 2.10. The van der Waals surface area contributed by atoms with E-state index in [1.165, 1.54) is 12.8 Å². The van der Waals surface area contributed by atoms with E-state index in [0.29, 0.717) is 12.4 Å². The Morgan fingerprint density at radius 1 is 0.870 bits per heavy atom. The van der Waals surface area contributed by atoms with Gasteiger partial charge in [-0.25, -0.2) is 9.59 Å². The van der Waals surface area contributed by atoms with Crippen molar-refractivity contribution in [2.24, 2.45) is 0 Å². The predicted molar refractivity (Wildman–Crippen MR) is 88.0 cm³/mol. The van der Waals surface area contributed by atoms with Gasteiger partial charge < -0.3 is 14.2 Å². The van der Waals surface area contributed by atoms with E-state index in [1.54, 1.807) is 32.0 Å². The Labute approximate surface area is 137 Å². The second-order valence-corrected chi connectivity index (χ2v) is 5.06. The normalized spacial score (nSPS) is 10.2. The van der Waals surface area contributed by atoms with Gasteiger partial charge in [0.25, 0.3) is 0 Å². The van der Waals surface area contributed by atoms with Gasteiger partial charge in [0.2, 0.25) is 0 Å². The number of rotatable bonds is 10. The summed E-state index contributed by atoms with van der Waals surface area (Å²) in [6, 6.07) is 4.77. The SMILES string of the molecule is CCCCCCOc1ccc(C(=O)OCC)c(C(=O)OCC)c1. The van der Waals surface area contributed by atoms with E-state index in [9.17, 15) is 9.59 Å². The van der Waals surface area contributed by atoms with Crippen molar-refractivity contribution < 1.29 is 23.8 Å². The summed E-state index contributed by atoms with van der Waals surface area (Å²) in [6.45, 7) is 6.66. The van der Waals surface area contributed by atoms with Gasteiger partial charge in [0.15, 0.2) is 0 Å². The van der Waals surface area contributed by atoms with Gasteiger partial charge in [0.1, 0.15) is 5.75 Å². The first kappa shape index (κ1) is 19.0. The quantitative estimate of drug-likeness (QED) is 0.481. The van der Waals surface area contributed by atoms with Gasteiger partial charge in [0.05, 0.1) is 30.9 Å². The van der Waals surface area contributed by atoms with E-state index in [1.807, 2.05) is 0 Å². The number of hydrogen-bond donors (Lipinski definition) is 0. The van der Waals surface area contributed by atoms with Gasteiger partial charge in [-0.1, -0.05) is 26.2 Å². The van der Waals surface area contributed by atoms with Crippen molar-refractivity contribution in [1.82, 2.24) is 0 Å². The summed E-state index contributed by atoms with van der Waals surface area (Å²) < 4.78 is 15.6. The van der Waals surface area contributed by atoms with Crippen LogP contribution in [-0.4, -0.2) is 31.8 Å². The van der Waals surface area contributed by atoms with Crippen LogP contribution in [0, 0.1) is 0 Å². The van der Waals surface area contributed by atoms with Gasteiger partial charge >= 0.3 is 11.9 Å². The molecule has 0 fully saturated rings. The van der Waals surface area contributed by atoms with Crippen LogP contribution in [0.3, 0.4) is 0 Å². The maximum atomic E-state index is 12.1. The predicted octanol–water partition coefficient (Wildman–Crippen LogP) is 4.00. The fourth-order valence-electron chi connectivity index (χ4n) is 2.10. The van der Waals surface area contributed by atoms with Crippen LogP contribution in [0.1, 0.15) is 67.2 Å². The molecule has 0 bridgehead atoms. The highest BCUT2D eigenvalue weighted by atomic mass is 16.5. The molecule has 0 unspecified atom stereocenters. The molecule has 0 aliphatic heterocycles. The number of hydrogen-bond acceptors (Lipinski definition) is 5. The van der Waals surface area contributed by atoms with Gasteiger partial charge in [-0.15, -0.1) is 0 Å². The van der Waals surface area contributed by atoms with Crippen LogP contribution in [0.5, 0.6) is 5.75 Å². The summed E-state index contributed by atoms with van der Waals surface area (Å²) in [5, 5.41) is 0. The highest BCUT2D eigenvalue weighted by Gasteiger charge is 2.20. The minimum atomic E-state index is -0.549. The van der Waals surface area contributed by atoms with Gasteiger partial charge in [-0.05, 0) is 38.5 Å². The third-order valence-electron chi connectivity index (χ3n) is 3.25. The molecule has 0 saturated heterocycles. The smallest absolute Gasteiger partial charge is 0.339 e. The summed E-state index contributed by atoms with van der Waals surface area (Å²) in [7, 11) is 0. The Kier molecular flexibility index (Phi) is 8.80. The Morgan fingerprint density at radius 3 is 2.13 bits per heavy atom. The summed E-state index contributed by atoms with van der Waals surface area (Å²) in [5.41, 5.74) is 0.375. The third-order valence-corrected chi connectivity index (χ3v) is 3.25. The minimum absolute atomic E-state index is 0.177. The van der Waals surface area contributed by atoms with E-state index in [0.717, 1.165) is 12.8 Å². The molecule has 0 amide bonds. The highest BCUT2D eigenvalue weighted by molar-refractivity contribution is 6.03. The molecule has 0 aromatic heterocycles. The lowest BCUT2D eigenvalue weighted by atomic mass is 10.1. The van der Waals surface area contributed by atoms with Gasteiger partial charge in [-0.2, -0.15) is 0 Å². The van der Waals surface area contributed by atoms with Crippen LogP contribution in [0.2, 0.25) is 0 Å². The lowest BCUT2D eigenvalue weighted by Gasteiger charge is -2.11. The number of unbranched alkanes of at least 4 members (excludes halogenated alkanes) is 3. The molecular formula is C18H26O5. The number of benzene rings is 1. The zero-order chi connectivity index (χ0) is 17.1. The first-order chi connectivity index (χ1) is 11.1. The zero-order valence-electron chi connectivity index (χ0n) is 14.2. The molecule has 0 heterocycles. The Balaban J connectivity index is 2.84. The van der Waals surface area contributed by atoms with Crippen LogP contribution >= 0.6 is 0 Å². The van der Waals surface area contributed by atoms with Crippen molar-refractivity contribution in [1.29, 1.82) is 0 Å². The zero-order valence-corrected chi connectivity index (χ0v) is 14.2. The van der Waals surface area contributed by atoms with Crippen molar-refractivity contribution >= 4 is 11.9 Å². The molecule has 0 aliphatic rings. The van der Waals surface area contributed by atoms with E-state index in [2.05, 4.69) is 6.92 Å². The van der Waals surface area contributed by atoms with E-state index < -0.39 is 11.9 Å². The van der Waals surface area contributed by atoms with Crippen molar-refractivity contribution in [3.63, 3.8) is 0 Å². The summed E-state index contributed by atoms with van der Waals surface area (Å²) in [6.07, 6.45) is 4.42. The monoisotopic (exact) mass is 322 g/mol. The molecule has 1 aromatic rings. The van der Waals surface area contributed by atoms with Gasteiger partial charge in [-0.3, -0.25) is 0 Å². The molecule has 0 atom stereocenters. The second kappa shape index (κ2) is 10.6. The van der Waals surface area contributed by atoms with Crippen molar-refractivity contribution in [3.8, 4) is 5.75 Å². The van der Waals surface area contributed by atoms with Crippen molar-refractivity contribution in [2.45, 2.75) is 46.5 Å². The standard InChI is InChI=1S/C18H26O5/c1-4-7-8-9-12-23-14-10-11-15(17(19)21-5-2)16(13-14)18(20)22-6-3/h10-11,13H,4-9,12H2,1-3H3. The van der Waals surface area contributed by atoms with Crippen LogP contribution < -0.4 is 4.74 Å². The molecule has 128 valence electrons. The summed E-state index contributed by atoms with van der Waals surface area (Å²) in [4.78, 5) is 24.0. The molecule has 0 aliphatic carbocycles. The Bertz CT molecular complexity index is 510. The molecule has 0 N–H and O–H groups in total. The van der Waals surface area contributed by atoms with Gasteiger partial charge in [0, 0.05) is 0 Å². The number of carbonyl (C=O) groups excluding carboxylic acids is 2. The molecule has 1 aromatic carbocycles. The molecular weight excluding hydrogens is 296 g/mol. The number of ether oxygens (including phenoxy) is 3. The fraction of sp³-hybridized carbons (Fsp3) is 0.556. The number of esters is 2. The lowest BCUT2D eigenvalue weighted by molar-refractivity contribution is 0.0478. The Morgan fingerprint density at radius 2 is 1.52 bits per heavy atom. The second-order valence-electron chi connectivity index (χ2n) is 5.06.